The molecule has 0 radical (unpaired) electrons. The largest absolute Gasteiger partial charge is 0.310 e. The van der Waals surface area contributed by atoms with E-state index in [2.05, 4.69) is 169 Å². The van der Waals surface area contributed by atoms with Crippen molar-refractivity contribution in [3.8, 4) is 22.3 Å². The Bertz CT molecular complexity index is 2170. The second-order valence-corrected chi connectivity index (χ2v) is 11.7. The van der Waals surface area contributed by atoms with E-state index in [9.17, 15) is 0 Å². The number of hydrogen-bond donors (Lipinski definition) is 0. The van der Waals surface area contributed by atoms with E-state index in [-0.39, 0.29) is 0 Å². The highest BCUT2D eigenvalue weighted by Gasteiger charge is 2.16. The molecule has 0 spiro atoms. The molecule has 0 aliphatic carbocycles. The Morgan fingerprint density at radius 3 is 1.71 bits per heavy atom. The average molecular weight is 554 g/mol. The lowest BCUT2D eigenvalue weighted by Crippen LogP contribution is -2.09. The third kappa shape index (κ3) is 4.34. The minimum absolute atomic E-state index is 1.13. The van der Waals surface area contributed by atoms with Gasteiger partial charge in [-0.1, -0.05) is 115 Å². The first-order valence-electron chi connectivity index (χ1n) is 14.3. The molecule has 7 aromatic carbocycles. The summed E-state index contributed by atoms with van der Waals surface area (Å²) in [6.45, 7) is 0. The van der Waals surface area contributed by atoms with Gasteiger partial charge in [0.2, 0.25) is 0 Å². The summed E-state index contributed by atoms with van der Waals surface area (Å²) in [6.07, 6.45) is 0. The molecule has 42 heavy (non-hydrogen) atoms. The van der Waals surface area contributed by atoms with Gasteiger partial charge in [-0.3, -0.25) is 0 Å². The van der Waals surface area contributed by atoms with Gasteiger partial charge in [0.05, 0.1) is 0 Å². The van der Waals surface area contributed by atoms with Gasteiger partial charge in [-0.15, -0.1) is 11.3 Å². The van der Waals surface area contributed by atoms with Gasteiger partial charge in [-0.2, -0.15) is 0 Å². The van der Waals surface area contributed by atoms with Crippen LogP contribution in [0.5, 0.6) is 0 Å². The van der Waals surface area contributed by atoms with Crippen molar-refractivity contribution < 1.29 is 0 Å². The Kier molecular flexibility index (Phi) is 6.05. The highest BCUT2D eigenvalue weighted by molar-refractivity contribution is 7.25. The predicted molar refractivity (Wildman–Crippen MR) is 182 cm³/mol. The first-order chi connectivity index (χ1) is 20.8. The molecule has 8 aromatic rings. The Balaban J connectivity index is 1.25. The number of thiophene rings is 1. The molecule has 8 rings (SSSR count). The summed E-state index contributed by atoms with van der Waals surface area (Å²) in [5.41, 5.74) is 8.32. The van der Waals surface area contributed by atoms with Gasteiger partial charge in [-0.25, -0.2) is 0 Å². The van der Waals surface area contributed by atoms with Gasteiger partial charge in [0.1, 0.15) is 0 Å². The average Bonchev–Trinajstić information content (AvgIpc) is 3.44. The van der Waals surface area contributed by atoms with E-state index >= 15 is 0 Å². The van der Waals surface area contributed by atoms with E-state index in [4.69, 9.17) is 0 Å². The van der Waals surface area contributed by atoms with E-state index in [0.717, 1.165) is 17.1 Å². The van der Waals surface area contributed by atoms with E-state index in [1.54, 1.807) is 0 Å². The van der Waals surface area contributed by atoms with Crippen molar-refractivity contribution in [2.75, 3.05) is 4.90 Å². The molecule has 0 bridgehead atoms. The lowest BCUT2D eigenvalue weighted by molar-refractivity contribution is 1.29. The SMILES string of the molecule is c1ccc(-c2ccc(N(c3ccc(-c4cccc5ccccc45)cc3)c3ccc4sc5ccccc5c4c3)cc2)cc1. The number of anilines is 3. The van der Waals surface area contributed by atoms with Crippen molar-refractivity contribution in [3.63, 3.8) is 0 Å². The molecule has 0 saturated heterocycles. The third-order valence-corrected chi connectivity index (χ3v) is 9.23. The zero-order valence-corrected chi connectivity index (χ0v) is 23.8. The van der Waals surface area contributed by atoms with Gasteiger partial charge in [0.25, 0.3) is 0 Å². The Hall–Kier alpha value is -5.18. The fourth-order valence-electron chi connectivity index (χ4n) is 6.00. The Morgan fingerprint density at radius 1 is 0.357 bits per heavy atom. The van der Waals surface area contributed by atoms with Gasteiger partial charge < -0.3 is 4.90 Å². The second-order valence-electron chi connectivity index (χ2n) is 10.6. The number of rotatable bonds is 5. The topological polar surface area (TPSA) is 3.24 Å². The first kappa shape index (κ1) is 24.6. The van der Waals surface area contributed by atoms with Crippen molar-refractivity contribution in [1.82, 2.24) is 0 Å². The number of hydrogen-bond acceptors (Lipinski definition) is 2. The molecule has 1 heterocycles. The molecule has 0 aliphatic rings. The molecule has 0 unspecified atom stereocenters. The van der Waals surface area contributed by atoms with Crippen LogP contribution in [0.25, 0.3) is 53.2 Å². The molecule has 198 valence electrons. The number of fused-ring (bicyclic) bond motifs is 4. The van der Waals surface area contributed by atoms with Gasteiger partial charge in [0.15, 0.2) is 0 Å². The minimum atomic E-state index is 1.13. The van der Waals surface area contributed by atoms with Crippen LogP contribution in [-0.2, 0) is 0 Å². The maximum Gasteiger partial charge on any atom is 0.0468 e. The molecule has 0 amide bonds. The first-order valence-corrected chi connectivity index (χ1v) is 15.1. The zero-order chi connectivity index (χ0) is 27.9. The van der Waals surface area contributed by atoms with Gasteiger partial charge in [0, 0.05) is 37.2 Å². The molecule has 1 aromatic heterocycles. The summed E-state index contributed by atoms with van der Waals surface area (Å²) in [4.78, 5) is 2.37. The van der Waals surface area contributed by atoms with Crippen LogP contribution in [0.3, 0.4) is 0 Å². The second kappa shape index (κ2) is 10.3. The third-order valence-electron chi connectivity index (χ3n) is 8.08. The molecule has 0 atom stereocenters. The lowest BCUT2D eigenvalue weighted by atomic mass is 9.98. The van der Waals surface area contributed by atoms with E-state index < -0.39 is 0 Å². The maximum absolute atomic E-state index is 2.37. The van der Waals surface area contributed by atoms with Crippen molar-refractivity contribution in [3.05, 3.63) is 164 Å². The van der Waals surface area contributed by atoms with Crippen molar-refractivity contribution in [1.29, 1.82) is 0 Å². The highest BCUT2D eigenvalue weighted by atomic mass is 32.1. The van der Waals surface area contributed by atoms with Crippen LogP contribution < -0.4 is 4.90 Å². The minimum Gasteiger partial charge on any atom is -0.310 e. The van der Waals surface area contributed by atoms with Crippen LogP contribution in [-0.4, -0.2) is 0 Å². The molecular weight excluding hydrogens is 527 g/mol. The van der Waals surface area contributed by atoms with Crippen LogP contribution in [0.4, 0.5) is 17.1 Å². The molecular formula is C40H27NS. The van der Waals surface area contributed by atoms with Crippen LogP contribution >= 0.6 is 11.3 Å². The monoisotopic (exact) mass is 553 g/mol. The quantitative estimate of drug-likeness (QED) is 0.205. The molecule has 1 nitrogen and oxygen atoms in total. The molecule has 0 N–H and O–H groups in total. The molecule has 0 aliphatic heterocycles. The Labute approximate surface area is 249 Å². The summed E-state index contributed by atoms with van der Waals surface area (Å²) >= 11 is 1.86. The standard InChI is InChI=1S/C40H27NS/c1-2-9-28(10-3-1)29-17-21-32(22-18-29)41(34-25-26-40-38(27-34)37-14-6-7-16-39(37)42-40)33-23-19-31(20-24-33)36-15-8-12-30-11-4-5-13-35(30)36/h1-27H. The van der Waals surface area contributed by atoms with Crippen molar-refractivity contribution >= 4 is 59.3 Å². The summed E-state index contributed by atoms with van der Waals surface area (Å²) < 4.78 is 2.63. The molecule has 0 saturated carbocycles. The van der Waals surface area contributed by atoms with Crippen molar-refractivity contribution in [2.24, 2.45) is 0 Å². The summed E-state index contributed by atoms with van der Waals surface area (Å²) in [5, 5.41) is 5.14. The van der Waals surface area contributed by atoms with Crippen LogP contribution in [0, 0.1) is 0 Å². The lowest BCUT2D eigenvalue weighted by Gasteiger charge is -2.26. The predicted octanol–water partition coefficient (Wildman–Crippen LogP) is 12.0. The van der Waals surface area contributed by atoms with Crippen LogP contribution in [0.1, 0.15) is 0 Å². The number of benzene rings is 7. The molecule has 0 fully saturated rings. The highest BCUT2D eigenvalue weighted by Crippen LogP contribution is 2.41. The van der Waals surface area contributed by atoms with Crippen LogP contribution in [0.2, 0.25) is 0 Å². The van der Waals surface area contributed by atoms with Crippen molar-refractivity contribution in [2.45, 2.75) is 0 Å². The van der Waals surface area contributed by atoms with Gasteiger partial charge in [-0.05, 0) is 81.6 Å². The smallest absolute Gasteiger partial charge is 0.0468 e. The zero-order valence-electron chi connectivity index (χ0n) is 22.9. The Morgan fingerprint density at radius 2 is 0.929 bits per heavy atom. The molecule has 2 heteroatoms. The van der Waals surface area contributed by atoms with E-state index in [1.807, 2.05) is 11.3 Å². The van der Waals surface area contributed by atoms with E-state index in [0.29, 0.717) is 0 Å². The van der Waals surface area contributed by atoms with E-state index in [1.165, 1.54) is 53.2 Å². The summed E-state index contributed by atoms with van der Waals surface area (Å²) in [7, 11) is 0. The normalized spacial score (nSPS) is 11.3. The number of nitrogens with zero attached hydrogens (tertiary/aromatic N) is 1. The summed E-state index contributed by atoms with van der Waals surface area (Å²) in [5.74, 6) is 0. The fraction of sp³-hybridized carbons (Fsp3) is 0. The van der Waals surface area contributed by atoms with Gasteiger partial charge >= 0.3 is 0 Å². The van der Waals surface area contributed by atoms with Crippen LogP contribution in [0.15, 0.2) is 164 Å². The maximum atomic E-state index is 2.37. The summed E-state index contributed by atoms with van der Waals surface area (Å²) in [6, 6.07) is 59.2. The fourth-order valence-corrected chi connectivity index (χ4v) is 7.09.